The lowest BCUT2D eigenvalue weighted by Crippen LogP contribution is -2.51. The number of esters is 1. The van der Waals surface area contributed by atoms with E-state index in [0.717, 1.165) is 11.3 Å². The molecule has 0 spiro atoms. The van der Waals surface area contributed by atoms with Gasteiger partial charge < -0.3 is 14.5 Å². The largest absolute Gasteiger partial charge is 0.465 e. The number of hydrogen-bond acceptors (Lipinski definition) is 7. The van der Waals surface area contributed by atoms with Crippen LogP contribution in [0.2, 0.25) is 0 Å². The summed E-state index contributed by atoms with van der Waals surface area (Å²) in [7, 11) is 3.85. The predicted molar refractivity (Wildman–Crippen MR) is 105 cm³/mol. The number of hydrogen-bond donors (Lipinski definition) is 0. The van der Waals surface area contributed by atoms with E-state index in [1.165, 1.54) is 0 Å². The van der Waals surface area contributed by atoms with E-state index in [2.05, 4.69) is 0 Å². The van der Waals surface area contributed by atoms with Crippen molar-refractivity contribution in [2.45, 2.75) is 33.1 Å². The summed E-state index contributed by atoms with van der Waals surface area (Å²) in [5.74, 6) is -0.938. The first-order valence-electron chi connectivity index (χ1n) is 9.32. The van der Waals surface area contributed by atoms with E-state index in [-0.39, 0.29) is 12.1 Å². The van der Waals surface area contributed by atoms with Gasteiger partial charge in [0, 0.05) is 25.9 Å². The zero-order valence-electron chi connectivity index (χ0n) is 16.6. The number of para-hydroxylation sites is 1. The van der Waals surface area contributed by atoms with Crippen molar-refractivity contribution < 1.29 is 14.3 Å². The first kappa shape index (κ1) is 19.4. The third-order valence-corrected chi connectivity index (χ3v) is 4.67. The molecule has 2 aliphatic rings. The minimum atomic E-state index is -0.623. The third kappa shape index (κ3) is 3.99. The molecule has 2 aliphatic heterocycles. The normalized spacial score (nSPS) is 23.0. The molecule has 0 bridgehead atoms. The molecule has 27 heavy (non-hydrogen) atoms. The molecule has 2 atom stereocenters. The van der Waals surface area contributed by atoms with Gasteiger partial charge in [0.15, 0.2) is 0 Å². The lowest BCUT2D eigenvalue weighted by molar-refractivity contribution is -0.177. The van der Waals surface area contributed by atoms with Gasteiger partial charge in [-0.3, -0.25) is 9.80 Å². The van der Waals surface area contributed by atoms with Crippen LogP contribution in [0.25, 0.3) is 0 Å². The molecule has 0 saturated heterocycles. The van der Waals surface area contributed by atoms with Gasteiger partial charge in [0.1, 0.15) is 12.1 Å². The van der Waals surface area contributed by atoms with Crippen LogP contribution in [0.1, 0.15) is 20.8 Å². The van der Waals surface area contributed by atoms with Crippen molar-refractivity contribution in [3.8, 4) is 0 Å². The van der Waals surface area contributed by atoms with Gasteiger partial charge in [-0.05, 0) is 32.9 Å². The first-order valence-corrected chi connectivity index (χ1v) is 9.32. The molecule has 0 aliphatic carbocycles. The third-order valence-electron chi connectivity index (χ3n) is 4.67. The Morgan fingerprint density at radius 3 is 2.59 bits per heavy atom. The maximum Gasteiger partial charge on any atom is 0.319 e. The zero-order valence-corrected chi connectivity index (χ0v) is 16.6. The Bertz CT molecular complexity index is 732. The summed E-state index contributed by atoms with van der Waals surface area (Å²) >= 11 is 0. The molecule has 0 saturated carbocycles. The number of ether oxygens (including phenoxy) is 2. The van der Waals surface area contributed by atoms with Gasteiger partial charge in [-0.1, -0.05) is 18.2 Å². The van der Waals surface area contributed by atoms with Gasteiger partial charge in [0.05, 0.1) is 30.7 Å². The second-order valence-electron chi connectivity index (χ2n) is 6.99. The SMILES string of the molecule is CCOC(=O)[C@H]1C2=NN(c3ccccc3)CC2=CN(C)N(C)[C@@H]1OC(C)C. The zero-order chi connectivity index (χ0) is 19.6. The van der Waals surface area contributed by atoms with Crippen molar-refractivity contribution in [2.24, 2.45) is 11.0 Å². The molecule has 0 N–H and O–H groups in total. The first-order chi connectivity index (χ1) is 12.9. The Morgan fingerprint density at radius 1 is 1.26 bits per heavy atom. The van der Waals surface area contributed by atoms with Crippen molar-refractivity contribution in [3.05, 3.63) is 42.1 Å². The number of nitrogens with zero attached hydrogens (tertiary/aromatic N) is 4. The van der Waals surface area contributed by atoms with Gasteiger partial charge in [0.2, 0.25) is 0 Å². The van der Waals surface area contributed by atoms with Gasteiger partial charge in [0.25, 0.3) is 0 Å². The highest BCUT2D eigenvalue weighted by atomic mass is 16.5. The topological polar surface area (TPSA) is 57.6 Å². The van der Waals surface area contributed by atoms with Crippen molar-refractivity contribution in [1.82, 2.24) is 10.0 Å². The number of fused-ring (bicyclic) bond motifs is 1. The minimum Gasteiger partial charge on any atom is -0.465 e. The van der Waals surface area contributed by atoms with Crippen molar-refractivity contribution in [1.29, 1.82) is 0 Å². The Hall–Kier alpha value is -2.38. The van der Waals surface area contributed by atoms with Crippen LogP contribution >= 0.6 is 0 Å². The van der Waals surface area contributed by atoms with E-state index in [4.69, 9.17) is 14.6 Å². The molecule has 7 nitrogen and oxygen atoms in total. The molecule has 0 fully saturated rings. The quantitative estimate of drug-likeness (QED) is 0.740. The number of carbonyl (C=O) groups is 1. The summed E-state index contributed by atoms with van der Waals surface area (Å²) < 4.78 is 11.5. The fraction of sp³-hybridized carbons (Fsp3) is 0.500. The molecule has 0 aromatic heterocycles. The van der Waals surface area contributed by atoms with Crippen LogP contribution in [0, 0.1) is 5.92 Å². The van der Waals surface area contributed by atoms with Gasteiger partial charge >= 0.3 is 5.97 Å². The molecule has 1 aromatic rings. The van der Waals surface area contributed by atoms with Gasteiger partial charge in [-0.25, -0.2) is 0 Å². The number of hydrazine groups is 1. The van der Waals surface area contributed by atoms with Crippen LogP contribution in [-0.4, -0.2) is 61.3 Å². The second-order valence-corrected chi connectivity index (χ2v) is 6.99. The molecule has 0 unspecified atom stereocenters. The molecule has 146 valence electrons. The summed E-state index contributed by atoms with van der Waals surface area (Å²) in [5, 5.41) is 10.6. The average Bonchev–Trinajstić information content (AvgIpc) is 3.01. The van der Waals surface area contributed by atoms with Crippen molar-refractivity contribution in [3.63, 3.8) is 0 Å². The molecule has 1 aromatic carbocycles. The maximum atomic E-state index is 12.9. The monoisotopic (exact) mass is 372 g/mol. The van der Waals surface area contributed by atoms with E-state index in [1.807, 2.05) is 86.4 Å². The minimum absolute atomic E-state index is 0.0449. The number of anilines is 1. The Labute approximate surface area is 160 Å². The summed E-state index contributed by atoms with van der Waals surface area (Å²) in [6.45, 7) is 6.65. The van der Waals surface area contributed by atoms with E-state index in [0.29, 0.717) is 18.9 Å². The Balaban J connectivity index is 2.04. The van der Waals surface area contributed by atoms with Crippen LogP contribution in [0.5, 0.6) is 0 Å². The number of benzene rings is 1. The smallest absolute Gasteiger partial charge is 0.319 e. The Morgan fingerprint density at radius 2 is 1.96 bits per heavy atom. The molecular weight excluding hydrogens is 344 g/mol. The second kappa shape index (κ2) is 8.10. The predicted octanol–water partition coefficient (Wildman–Crippen LogP) is 2.47. The standard InChI is InChI=1S/C20H28N4O3/c1-6-26-20(25)17-18-15(12-22(4)23(5)19(17)27-14(2)3)13-24(21-18)16-10-8-7-9-11-16/h7-12,14,17,19H,6,13H2,1-5H3/t17-,19+/m0/s1. The lowest BCUT2D eigenvalue weighted by atomic mass is 9.96. The molecule has 0 radical (unpaired) electrons. The highest BCUT2D eigenvalue weighted by Crippen LogP contribution is 2.32. The van der Waals surface area contributed by atoms with Gasteiger partial charge in [-0.2, -0.15) is 10.1 Å². The summed E-state index contributed by atoms with van der Waals surface area (Å²) in [5.41, 5.74) is 2.68. The molecule has 7 heteroatoms. The van der Waals surface area contributed by atoms with E-state index in [9.17, 15) is 4.79 Å². The van der Waals surface area contributed by atoms with Crippen LogP contribution in [0.4, 0.5) is 5.69 Å². The number of rotatable bonds is 5. The maximum absolute atomic E-state index is 12.9. The average molecular weight is 372 g/mol. The van der Waals surface area contributed by atoms with Crippen LogP contribution < -0.4 is 5.01 Å². The van der Waals surface area contributed by atoms with Crippen LogP contribution in [-0.2, 0) is 14.3 Å². The summed E-state index contributed by atoms with van der Waals surface area (Å²) in [4.78, 5) is 12.9. The Kier molecular flexibility index (Phi) is 5.82. The molecule has 0 amide bonds. The van der Waals surface area contributed by atoms with E-state index < -0.39 is 12.1 Å². The van der Waals surface area contributed by atoms with E-state index in [1.54, 1.807) is 0 Å². The highest BCUT2D eigenvalue weighted by molar-refractivity contribution is 6.14. The molecular formula is C20H28N4O3. The molecule has 3 rings (SSSR count). The fourth-order valence-electron chi connectivity index (χ4n) is 3.34. The summed E-state index contributed by atoms with van der Waals surface area (Å²) in [6, 6.07) is 9.94. The van der Waals surface area contributed by atoms with Crippen LogP contribution in [0.3, 0.4) is 0 Å². The molecule has 2 heterocycles. The number of carbonyl (C=O) groups excluding carboxylic acids is 1. The van der Waals surface area contributed by atoms with Crippen molar-refractivity contribution in [2.75, 3.05) is 32.3 Å². The van der Waals surface area contributed by atoms with Crippen LogP contribution in [0.15, 0.2) is 47.2 Å². The van der Waals surface area contributed by atoms with Gasteiger partial charge in [-0.15, -0.1) is 0 Å². The fourth-order valence-corrected chi connectivity index (χ4v) is 3.34. The highest BCUT2D eigenvalue weighted by Gasteiger charge is 2.45. The van der Waals surface area contributed by atoms with Crippen molar-refractivity contribution >= 4 is 17.4 Å². The van der Waals surface area contributed by atoms with E-state index >= 15 is 0 Å². The number of hydrazone groups is 1. The lowest BCUT2D eigenvalue weighted by Gasteiger charge is -2.36. The summed E-state index contributed by atoms with van der Waals surface area (Å²) in [6.07, 6.45) is 1.46.